The van der Waals surface area contributed by atoms with Crippen molar-refractivity contribution in [3.8, 4) is 56.4 Å². The molecule has 5 nitrogen and oxygen atoms in total. The van der Waals surface area contributed by atoms with Crippen LogP contribution in [0.25, 0.3) is 89.1 Å². The van der Waals surface area contributed by atoms with Crippen LogP contribution in [0.4, 0.5) is 17.1 Å². The Morgan fingerprint density at radius 2 is 0.867 bits per heavy atom. The zero-order valence-corrected chi connectivity index (χ0v) is 32.5. The molecule has 0 aliphatic carbocycles. The maximum Gasteiger partial charge on any atom is 0.164 e. The molecule has 0 spiro atoms. The first kappa shape index (κ1) is 35.0. The fraction of sp³-hybridized carbons (Fsp3) is 0. The first-order chi connectivity index (χ1) is 29.7. The quantitative estimate of drug-likeness (QED) is 0.154. The van der Waals surface area contributed by atoms with Crippen LogP contribution in [0.1, 0.15) is 0 Å². The summed E-state index contributed by atoms with van der Waals surface area (Å²) in [5.74, 6) is 1.79. The second-order valence-corrected chi connectivity index (χ2v) is 14.8. The van der Waals surface area contributed by atoms with Crippen molar-refractivity contribution in [1.82, 2.24) is 15.0 Å². The highest BCUT2D eigenvalue weighted by Crippen LogP contribution is 2.42. The Morgan fingerprint density at radius 3 is 1.65 bits per heavy atom. The van der Waals surface area contributed by atoms with Crippen molar-refractivity contribution in [3.63, 3.8) is 0 Å². The number of anilines is 3. The second kappa shape index (κ2) is 15.0. The number of para-hydroxylation sites is 1. The fourth-order valence-electron chi connectivity index (χ4n) is 8.24. The Balaban J connectivity index is 1.03. The molecular weight excluding hydrogens is 733 g/mol. The third kappa shape index (κ3) is 6.45. The molecule has 0 saturated carbocycles. The minimum absolute atomic E-state index is 0.581. The molecule has 0 N–H and O–H groups in total. The van der Waals surface area contributed by atoms with Gasteiger partial charge in [0.1, 0.15) is 11.2 Å². The van der Waals surface area contributed by atoms with E-state index in [1.807, 2.05) is 54.6 Å². The van der Waals surface area contributed by atoms with Crippen LogP contribution in [-0.2, 0) is 0 Å². The van der Waals surface area contributed by atoms with Gasteiger partial charge in [-0.3, -0.25) is 0 Å². The molecule has 60 heavy (non-hydrogen) atoms. The highest BCUT2D eigenvalue weighted by molar-refractivity contribution is 6.12. The Hall–Kier alpha value is -8.15. The van der Waals surface area contributed by atoms with Crippen LogP contribution in [0.15, 0.2) is 223 Å². The van der Waals surface area contributed by atoms with Crippen molar-refractivity contribution in [2.24, 2.45) is 0 Å². The van der Waals surface area contributed by atoms with Crippen LogP contribution < -0.4 is 4.90 Å². The lowest BCUT2D eigenvalue weighted by Gasteiger charge is -2.26. The second-order valence-electron chi connectivity index (χ2n) is 14.8. The lowest BCUT2D eigenvalue weighted by Crippen LogP contribution is -2.09. The number of fused-ring (bicyclic) bond motifs is 4. The molecule has 0 bridgehead atoms. The number of furan rings is 1. The van der Waals surface area contributed by atoms with Gasteiger partial charge in [0.25, 0.3) is 0 Å². The van der Waals surface area contributed by atoms with Crippen LogP contribution >= 0.6 is 0 Å². The number of hydrogen-bond acceptors (Lipinski definition) is 5. The van der Waals surface area contributed by atoms with E-state index in [2.05, 4.69) is 169 Å². The molecule has 2 heterocycles. The van der Waals surface area contributed by atoms with Gasteiger partial charge in [-0.1, -0.05) is 170 Å². The SMILES string of the molecule is c1ccc(-c2cccc(N(c3ccccc3)c3ccc4c(c3)oc3cccc(-c5nc(-c6ccccc6)nc(-c6ccc(-c7cccc8ccccc78)cc6)n5)c34)c2)cc1. The van der Waals surface area contributed by atoms with Crippen molar-refractivity contribution in [2.75, 3.05) is 4.90 Å². The van der Waals surface area contributed by atoms with Gasteiger partial charge >= 0.3 is 0 Å². The molecule has 0 fully saturated rings. The van der Waals surface area contributed by atoms with E-state index >= 15 is 0 Å². The third-order valence-corrected chi connectivity index (χ3v) is 11.1. The maximum atomic E-state index is 6.69. The van der Waals surface area contributed by atoms with Gasteiger partial charge in [-0.05, 0) is 75.5 Å². The molecule has 0 radical (unpaired) electrons. The zero-order chi connectivity index (χ0) is 39.8. The van der Waals surface area contributed by atoms with Gasteiger partial charge in [-0.2, -0.15) is 0 Å². The van der Waals surface area contributed by atoms with E-state index in [1.165, 1.54) is 21.9 Å². The normalized spacial score (nSPS) is 11.3. The third-order valence-electron chi connectivity index (χ3n) is 11.1. The van der Waals surface area contributed by atoms with E-state index in [1.54, 1.807) is 0 Å². The van der Waals surface area contributed by atoms with Gasteiger partial charge in [-0.15, -0.1) is 0 Å². The molecule has 9 aromatic carbocycles. The Morgan fingerprint density at radius 1 is 0.317 bits per heavy atom. The molecule has 11 aromatic rings. The number of aromatic nitrogens is 3. The van der Waals surface area contributed by atoms with Gasteiger partial charge in [0.15, 0.2) is 17.5 Å². The van der Waals surface area contributed by atoms with Crippen molar-refractivity contribution < 1.29 is 4.42 Å². The van der Waals surface area contributed by atoms with E-state index in [9.17, 15) is 0 Å². The summed E-state index contributed by atoms with van der Waals surface area (Å²) in [6, 6.07) is 75.7. The molecule has 5 heteroatoms. The molecule has 0 saturated heterocycles. The molecule has 0 aliphatic rings. The molecule has 282 valence electrons. The summed E-state index contributed by atoms with van der Waals surface area (Å²) < 4.78 is 6.69. The number of nitrogens with zero attached hydrogens (tertiary/aromatic N) is 4. The highest BCUT2D eigenvalue weighted by Gasteiger charge is 2.20. The van der Waals surface area contributed by atoms with Crippen molar-refractivity contribution in [2.45, 2.75) is 0 Å². The van der Waals surface area contributed by atoms with Crippen molar-refractivity contribution >= 4 is 49.8 Å². The summed E-state index contributed by atoms with van der Waals surface area (Å²) in [5.41, 5.74) is 12.0. The van der Waals surface area contributed by atoms with Gasteiger partial charge in [0.2, 0.25) is 0 Å². The predicted octanol–water partition coefficient (Wildman–Crippen LogP) is 14.7. The largest absolute Gasteiger partial charge is 0.456 e. The standard InChI is InChI=1S/C55H36N4O/c1-4-15-37(16-5-1)42-21-12-24-44(35-42)59(43-22-8-3-9-23-43)45-33-34-48-51(36-45)60-50-28-14-27-49(52(48)50)55-57-53(40-18-6-2-7-19-40)56-54(58-55)41-31-29-39(30-32-41)47-26-13-20-38-17-10-11-25-46(38)47/h1-36H. The highest BCUT2D eigenvalue weighted by atomic mass is 16.3. The molecule has 0 amide bonds. The maximum absolute atomic E-state index is 6.69. The van der Waals surface area contributed by atoms with Crippen molar-refractivity contribution in [1.29, 1.82) is 0 Å². The molecule has 2 aromatic heterocycles. The lowest BCUT2D eigenvalue weighted by atomic mass is 9.97. The van der Waals surface area contributed by atoms with Gasteiger partial charge in [-0.25, -0.2) is 15.0 Å². The smallest absolute Gasteiger partial charge is 0.164 e. The molecule has 0 unspecified atom stereocenters. The molecular formula is C55H36N4O. The Kier molecular flexibility index (Phi) is 8.75. The monoisotopic (exact) mass is 768 g/mol. The van der Waals surface area contributed by atoms with E-state index in [-0.39, 0.29) is 0 Å². The topological polar surface area (TPSA) is 55.1 Å². The zero-order valence-electron chi connectivity index (χ0n) is 32.5. The lowest BCUT2D eigenvalue weighted by molar-refractivity contribution is 0.669. The van der Waals surface area contributed by atoms with Crippen LogP contribution in [0, 0.1) is 0 Å². The Labute approximate surface area is 347 Å². The summed E-state index contributed by atoms with van der Waals surface area (Å²) in [7, 11) is 0. The molecule has 0 aliphatic heterocycles. The average molecular weight is 769 g/mol. The number of benzene rings is 9. The van der Waals surface area contributed by atoms with E-state index in [0.29, 0.717) is 17.5 Å². The first-order valence-corrected chi connectivity index (χ1v) is 20.1. The molecule has 11 rings (SSSR count). The van der Waals surface area contributed by atoms with E-state index in [4.69, 9.17) is 19.4 Å². The summed E-state index contributed by atoms with van der Waals surface area (Å²) in [6.07, 6.45) is 0. The fourth-order valence-corrected chi connectivity index (χ4v) is 8.24. The van der Waals surface area contributed by atoms with Crippen molar-refractivity contribution in [3.05, 3.63) is 218 Å². The van der Waals surface area contributed by atoms with Crippen LogP contribution in [0.5, 0.6) is 0 Å². The predicted molar refractivity (Wildman–Crippen MR) is 246 cm³/mol. The summed E-state index contributed by atoms with van der Waals surface area (Å²) in [5, 5.41) is 4.38. The minimum atomic E-state index is 0.581. The summed E-state index contributed by atoms with van der Waals surface area (Å²) in [6.45, 7) is 0. The van der Waals surface area contributed by atoms with Gasteiger partial charge < -0.3 is 9.32 Å². The number of hydrogen-bond donors (Lipinski definition) is 0. The summed E-state index contributed by atoms with van der Waals surface area (Å²) in [4.78, 5) is 17.6. The van der Waals surface area contributed by atoms with Gasteiger partial charge in [0, 0.05) is 50.6 Å². The first-order valence-electron chi connectivity index (χ1n) is 20.1. The van der Waals surface area contributed by atoms with Crippen LogP contribution in [-0.4, -0.2) is 15.0 Å². The number of rotatable bonds is 8. The van der Waals surface area contributed by atoms with E-state index < -0.39 is 0 Å². The minimum Gasteiger partial charge on any atom is -0.456 e. The summed E-state index contributed by atoms with van der Waals surface area (Å²) >= 11 is 0. The van der Waals surface area contributed by atoms with Gasteiger partial charge in [0.05, 0.1) is 0 Å². The molecule has 0 atom stereocenters. The van der Waals surface area contributed by atoms with Crippen LogP contribution in [0.2, 0.25) is 0 Å². The Bertz CT molecular complexity index is 3300. The van der Waals surface area contributed by atoms with Crippen LogP contribution in [0.3, 0.4) is 0 Å². The van der Waals surface area contributed by atoms with E-state index in [0.717, 1.165) is 66.8 Å². The average Bonchev–Trinajstić information content (AvgIpc) is 3.71.